The van der Waals surface area contributed by atoms with Crippen LogP contribution in [0.2, 0.25) is 0 Å². The minimum atomic E-state index is -4.35. The smallest absolute Gasteiger partial charge is 0.387 e. The molecule has 0 fully saturated rings. The molecule has 0 aliphatic heterocycles. The van der Waals surface area contributed by atoms with Crippen molar-refractivity contribution >= 4 is 13.7 Å². The number of aliphatic hydroxyl groups is 1. The van der Waals surface area contributed by atoms with Crippen LogP contribution >= 0.6 is 7.82 Å². The molecule has 0 bridgehead atoms. The Bertz CT molecular complexity index is 1050. The average Bonchev–Trinajstić information content (AvgIpc) is 3.15. The van der Waals surface area contributed by atoms with E-state index in [1.54, 1.807) is 6.08 Å². The maximum Gasteiger partial charge on any atom is 0.472 e. The van der Waals surface area contributed by atoms with Gasteiger partial charge < -0.3 is 19.8 Å². The molecule has 0 aliphatic carbocycles. The molecule has 3 atom stereocenters. The number of carbonyl (C=O) groups excluding carboxylic acids is 1. The molecule has 0 aromatic heterocycles. The lowest BCUT2D eigenvalue weighted by Crippen LogP contribution is -2.45. The van der Waals surface area contributed by atoms with Crippen LogP contribution in [0.4, 0.5) is 0 Å². The average molecular weight is 810 g/mol. The number of rotatable bonds is 41. The molecule has 56 heavy (non-hydrogen) atoms. The first-order chi connectivity index (χ1) is 27.0. The fraction of sp³-hybridized carbons (Fsp3) is 0.809. The Kier molecular flexibility index (Phi) is 37.9. The van der Waals surface area contributed by atoms with E-state index in [1.165, 1.54) is 122 Å². The molecule has 1 amide bonds. The van der Waals surface area contributed by atoms with Crippen molar-refractivity contribution in [3.63, 3.8) is 0 Å². The molecule has 9 heteroatoms. The van der Waals surface area contributed by atoms with Gasteiger partial charge >= 0.3 is 7.82 Å². The fourth-order valence-electron chi connectivity index (χ4n) is 6.32. The van der Waals surface area contributed by atoms with Gasteiger partial charge in [-0.05, 0) is 64.2 Å². The third-order valence-electron chi connectivity index (χ3n) is 10.0. The second-order valence-corrected chi connectivity index (χ2v) is 18.2. The number of phosphoric acid groups is 1. The van der Waals surface area contributed by atoms with Crippen molar-refractivity contribution in [3.8, 4) is 0 Å². The minimum absolute atomic E-state index is 0.0533. The molecule has 0 aliphatic rings. The van der Waals surface area contributed by atoms with E-state index in [1.807, 2.05) is 27.2 Å². The summed E-state index contributed by atoms with van der Waals surface area (Å²) >= 11 is 0. The zero-order valence-electron chi connectivity index (χ0n) is 37.1. The highest BCUT2D eigenvalue weighted by molar-refractivity contribution is 7.47. The van der Waals surface area contributed by atoms with Crippen molar-refractivity contribution in [1.82, 2.24) is 5.32 Å². The molecular formula is C47H90N2O6P+. The summed E-state index contributed by atoms with van der Waals surface area (Å²) < 4.78 is 23.5. The van der Waals surface area contributed by atoms with Crippen LogP contribution in [-0.4, -0.2) is 73.4 Å². The SMILES string of the molecule is CCCCC/C=C\C/C=C\CCCCCCCCCC(=O)NC(COP(=O)(O)OCC[N+](C)(C)C)C(O)/C=C/CC/C=C/CCCCCCCCCCCCC. The lowest BCUT2D eigenvalue weighted by Gasteiger charge is -2.25. The van der Waals surface area contributed by atoms with Crippen LogP contribution in [0.5, 0.6) is 0 Å². The molecule has 8 nitrogen and oxygen atoms in total. The van der Waals surface area contributed by atoms with Crippen molar-refractivity contribution in [1.29, 1.82) is 0 Å². The molecule has 0 spiro atoms. The lowest BCUT2D eigenvalue weighted by atomic mass is 10.1. The lowest BCUT2D eigenvalue weighted by molar-refractivity contribution is -0.870. The highest BCUT2D eigenvalue weighted by Crippen LogP contribution is 2.43. The highest BCUT2D eigenvalue weighted by Gasteiger charge is 2.27. The zero-order valence-corrected chi connectivity index (χ0v) is 38.0. The van der Waals surface area contributed by atoms with Crippen molar-refractivity contribution in [3.05, 3.63) is 48.6 Å². The first-order valence-electron chi connectivity index (χ1n) is 23.0. The van der Waals surface area contributed by atoms with Crippen LogP contribution in [0.3, 0.4) is 0 Å². The maximum atomic E-state index is 12.9. The molecule has 3 N–H and O–H groups in total. The van der Waals surface area contributed by atoms with Gasteiger partial charge in [0.15, 0.2) is 0 Å². The summed E-state index contributed by atoms with van der Waals surface area (Å²) in [5, 5.41) is 13.8. The van der Waals surface area contributed by atoms with E-state index >= 15 is 0 Å². The van der Waals surface area contributed by atoms with Gasteiger partial charge in [0.2, 0.25) is 5.91 Å². The van der Waals surface area contributed by atoms with Gasteiger partial charge in [-0.1, -0.05) is 172 Å². The maximum absolute atomic E-state index is 12.9. The van der Waals surface area contributed by atoms with Gasteiger partial charge in [0.1, 0.15) is 13.2 Å². The molecule has 0 radical (unpaired) electrons. The second kappa shape index (κ2) is 38.9. The molecular weight excluding hydrogens is 719 g/mol. The Hall–Kier alpha value is -1.54. The highest BCUT2D eigenvalue weighted by atomic mass is 31.2. The van der Waals surface area contributed by atoms with Crippen LogP contribution < -0.4 is 5.32 Å². The Balaban J connectivity index is 4.47. The number of likely N-dealkylation sites (N-methyl/N-ethyl adjacent to an activating group) is 1. The van der Waals surface area contributed by atoms with Gasteiger partial charge in [-0.15, -0.1) is 0 Å². The topological polar surface area (TPSA) is 105 Å². The molecule has 0 aromatic carbocycles. The number of amides is 1. The van der Waals surface area contributed by atoms with Crippen LogP contribution in [0, 0.1) is 0 Å². The standard InChI is InChI=1S/C47H89N2O6P/c1-6-8-10-12-14-16-18-20-22-24-26-28-30-32-34-36-38-40-46(50)45(44-55-56(52,53)54-43-42-49(3,4)5)48-47(51)41-39-37-35-33-31-29-27-25-23-21-19-17-15-13-11-9-7-2/h15,17,21,23,30,32,38,40,45-46,50H,6-14,16,18-20,22,24-29,31,33-37,39,41-44H2,1-5H3,(H-,48,51,52,53)/p+1/b17-15-,23-21-,32-30+,40-38+. The van der Waals surface area contributed by atoms with E-state index < -0.39 is 20.0 Å². The van der Waals surface area contributed by atoms with E-state index in [0.717, 1.165) is 51.4 Å². The molecule has 0 saturated heterocycles. The van der Waals surface area contributed by atoms with Crippen LogP contribution in [0.1, 0.15) is 194 Å². The van der Waals surface area contributed by atoms with Crippen molar-refractivity contribution in [2.24, 2.45) is 0 Å². The Morgan fingerprint density at radius 1 is 0.607 bits per heavy atom. The van der Waals surface area contributed by atoms with Crippen LogP contribution in [0.15, 0.2) is 48.6 Å². The Labute approximate surface area is 346 Å². The summed E-state index contributed by atoms with van der Waals surface area (Å²) in [6.45, 7) is 4.75. The predicted molar refractivity (Wildman–Crippen MR) is 240 cm³/mol. The molecule has 3 unspecified atom stereocenters. The number of carbonyl (C=O) groups is 1. The summed E-state index contributed by atoms with van der Waals surface area (Å²) in [5.74, 6) is -0.197. The van der Waals surface area contributed by atoms with Gasteiger partial charge in [-0.2, -0.15) is 0 Å². The second-order valence-electron chi connectivity index (χ2n) is 16.8. The number of allylic oxidation sites excluding steroid dienone is 7. The number of nitrogens with one attached hydrogen (secondary N) is 1. The summed E-state index contributed by atoms with van der Waals surface area (Å²) in [6, 6.07) is -0.867. The number of unbranched alkanes of at least 4 members (excludes halogenated alkanes) is 22. The molecule has 328 valence electrons. The molecule has 0 rings (SSSR count). The Morgan fingerprint density at radius 3 is 1.57 bits per heavy atom. The summed E-state index contributed by atoms with van der Waals surface area (Å²) in [7, 11) is 1.54. The predicted octanol–water partition coefficient (Wildman–Crippen LogP) is 12.9. The third-order valence-corrected chi connectivity index (χ3v) is 11.0. The third kappa shape index (κ3) is 40.6. The van der Waals surface area contributed by atoms with Crippen molar-refractivity contribution in [2.75, 3.05) is 40.9 Å². The Morgan fingerprint density at radius 2 is 1.04 bits per heavy atom. The summed E-state index contributed by atoms with van der Waals surface area (Å²) in [4.78, 5) is 23.1. The largest absolute Gasteiger partial charge is 0.472 e. The van der Waals surface area contributed by atoms with E-state index in [-0.39, 0.29) is 19.1 Å². The van der Waals surface area contributed by atoms with Crippen LogP contribution in [0.25, 0.3) is 0 Å². The van der Waals surface area contributed by atoms with Gasteiger partial charge in [0.05, 0.1) is 39.9 Å². The van der Waals surface area contributed by atoms with Crippen molar-refractivity contribution in [2.45, 2.75) is 206 Å². The minimum Gasteiger partial charge on any atom is -0.387 e. The number of hydrogen-bond acceptors (Lipinski definition) is 5. The number of aliphatic hydroxyl groups excluding tert-OH is 1. The summed E-state index contributed by atoms with van der Waals surface area (Å²) in [6.07, 6.45) is 48.9. The monoisotopic (exact) mass is 810 g/mol. The van der Waals surface area contributed by atoms with Crippen molar-refractivity contribution < 1.29 is 32.9 Å². The summed E-state index contributed by atoms with van der Waals surface area (Å²) in [5.41, 5.74) is 0. The van der Waals surface area contributed by atoms with E-state index in [9.17, 15) is 19.4 Å². The number of nitrogens with zero attached hydrogens (tertiary/aromatic N) is 1. The molecule has 0 heterocycles. The normalized spacial score (nSPS) is 14.8. The van der Waals surface area contributed by atoms with E-state index in [0.29, 0.717) is 17.4 Å². The van der Waals surface area contributed by atoms with E-state index in [4.69, 9.17) is 9.05 Å². The molecule has 0 saturated carbocycles. The quantitative estimate of drug-likeness (QED) is 0.0246. The van der Waals surface area contributed by atoms with Gasteiger partial charge in [-0.3, -0.25) is 13.8 Å². The fourth-order valence-corrected chi connectivity index (χ4v) is 7.06. The van der Waals surface area contributed by atoms with E-state index in [2.05, 4.69) is 55.6 Å². The van der Waals surface area contributed by atoms with Gasteiger partial charge in [0, 0.05) is 6.42 Å². The van der Waals surface area contributed by atoms with Gasteiger partial charge in [0.25, 0.3) is 0 Å². The molecule has 0 aromatic rings. The first-order valence-corrected chi connectivity index (χ1v) is 24.5. The van der Waals surface area contributed by atoms with Gasteiger partial charge in [-0.25, -0.2) is 4.57 Å². The van der Waals surface area contributed by atoms with Crippen LogP contribution in [-0.2, 0) is 18.4 Å². The number of phosphoric ester groups is 1. The first kappa shape index (κ1) is 54.5. The zero-order chi connectivity index (χ0) is 41.4. The number of quaternary nitrogens is 1. The number of hydrogen-bond donors (Lipinski definition) is 3.